The van der Waals surface area contributed by atoms with Crippen LogP contribution in [-0.2, 0) is 6.54 Å². The molecule has 0 aliphatic heterocycles. The van der Waals surface area contributed by atoms with Crippen molar-refractivity contribution in [2.24, 2.45) is 5.92 Å². The highest BCUT2D eigenvalue weighted by Crippen LogP contribution is 2.18. The van der Waals surface area contributed by atoms with E-state index in [4.69, 9.17) is 12.2 Å². The van der Waals surface area contributed by atoms with Gasteiger partial charge in [0.05, 0.1) is 0 Å². The Morgan fingerprint density at radius 1 is 1.47 bits per heavy atom. The Hall–Kier alpha value is -1.49. The van der Waals surface area contributed by atoms with Gasteiger partial charge >= 0.3 is 0 Å². The standard InChI is InChI=1S/C12H16N4S/c1-8(2)7-16-11(14-15-12(16)17)10-4-5-13-9(3)6-10/h4-6,8H,7H2,1-3H3,(H,15,17). The molecule has 0 atom stereocenters. The maximum atomic E-state index is 5.25. The second-order valence-corrected chi connectivity index (χ2v) is 4.93. The van der Waals surface area contributed by atoms with Crippen LogP contribution in [0.3, 0.4) is 0 Å². The predicted octanol–water partition coefficient (Wildman–Crippen LogP) is 2.97. The molecule has 5 heteroatoms. The van der Waals surface area contributed by atoms with E-state index in [1.165, 1.54) is 0 Å². The van der Waals surface area contributed by atoms with E-state index in [2.05, 4.69) is 29.0 Å². The van der Waals surface area contributed by atoms with Gasteiger partial charge in [-0.2, -0.15) is 5.10 Å². The SMILES string of the molecule is Cc1cc(-c2n[nH]c(=S)n2CC(C)C)ccn1. The van der Waals surface area contributed by atoms with Gasteiger partial charge in [-0.15, -0.1) is 0 Å². The third-order valence-corrected chi connectivity index (χ3v) is 2.77. The van der Waals surface area contributed by atoms with Crippen molar-refractivity contribution in [1.29, 1.82) is 0 Å². The topological polar surface area (TPSA) is 46.5 Å². The third kappa shape index (κ3) is 2.61. The molecule has 0 saturated heterocycles. The Kier molecular flexibility index (Phi) is 3.38. The molecule has 2 aromatic rings. The molecule has 0 aromatic carbocycles. The summed E-state index contributed by atoms with van der Waals surface area (Å²) >= 11 is 5.25. The molecule has 2 heterocycles. The minimum Gasteiger partial charge on any atom is -0.300 e. The van der Waals surface area contributed by atoms with Crippen LogP contribution in [0.2, 0.25) is 0 Å². The first-order valence-corrected chi connectivity index (χ1v) is 6.07. The second kappa shape index (κ2) is 4.79. The quantitative estimate of drug-likeness (QED) is 0.849. The van der Waals surface area contributed by atoms with Gasteiger partial charge in [-0.25, -0.2) is 0 Å². The van der Waals surface area contributed by atoms with Gasteiger partial charge < -0.3 is 0 Å². The largest absolute Gasteiger partial charge is 0.300 e. The molecule has 0 aliphatic rings. The summed E-state index contributed by atoms with van der Waals surface area (Å²) in [6.45, 7) is 7.16. The number of nitrogens with one attached hydrogen (secondary N) is 1. The highest BCUT2D eigenvalue weighted by Gasteiger charge is 2.10. The average molecular weight is 248 g/mol. The Bertz CT molecular complexity index is 568. The van der Waals surface area contributed by atoms with Crippen LogP contribution in [0.1, 0.15) is 19.5 Å². The molecular formula is C12H16N4S. The molecular weight excluding hydrogens is 232 g/mol. The van der Waals surface area contributed by atoms with Crippen molar-refractivity contribution in [3.8, 4) is 11.4 Å². The molecule has 0 fully saturated rings. The lowest BCUT2D eigenvalue weighted by Gasteiger charge is -2.09. The van der Waals surface area contributed by atoms with E-state index in [-0.39, 0.29) is 0 Å². The lowest BCUT2D eigenvalue weighted by atomic mass is 10.2. The van der Waals surface area contributed by atoms with Crippen molar-refractivity contribution in [3.63, 3.8) is 0 Å². The number of hydrogen-bond acceptors (Lipinski definition) is 3. The van der Waals surface area contributed by atoms with Crippen LogP contribution in [-0.4, -0.2) is 19.7 Å². The molecule has 1 N–H and O–H groups in total. The molecule has 0 amide bonds. The number of aromatic amines is 1. The van der Waals surface area contributed by atoms with Gasteiger partial charge in [-0.1, -0.05) is 13.8 Å². The van der Waals surface area contributed by atoms with Crippen LogP contribution in [0, 0.1) is 17.6 Å². The molecule has 0 aliphatic carbocycles. The molecule has 90 valence electrons. The smallest absolute Gasteiger partial charge is 0.195 e. The molecule has 0 radical (unpaired) electrons. The lowest BCUT2D eigenvalue weighted by Crippen LogP contribution is -2.06. The van der Waals surface area contributed by atoms with Crippen LogP contribution < -0.4 is 0 Å². The fourth-order valence-corrected chi connectivity index (χ4v) is 1.96. The molecule has 0 spiro atoms. The van der Waals surface area contributed by atoms with Crippen molar-refractivity contribution >= 4 is 12.2 Å². The summed E-state index contributed by atoms with van der Waals surface area (Å²) in [5.74, 6) is 1.41. The van der Waals surface area contributed by atoms with E-state index in [0.717, 1.165) is 23.6 Å². The summed E-state index contributed by atoms with van der Waals surface area (Å²) in [7, 11) is 0. The van der Waals surface area contributed by atoms with Gasteiger partial charge in [0, 0.05) is 24.0 Å². The zero-order chi connectivity index (χ0) is 12.4. The number of aromatic nitrogens is 4. The summed E-state index contributed by atoms with van der Waals surface area (Å²) in [5.41, 5.74) is 2.03. The van der Waals surface area contributed by atoms with Crippen LogP contribution in [0.4, 0.5) is 0 Å². The molecule has 17 heavy (non-hydrogen) atoms. The van der Waals surface area contributed by atoms with Crippen LogP contribution in [0.15, 0.2) is 18.3 Å². The van der Waals surface area contributed by atoms with Crippen molar-refractivity contribution in [2.75, 3.05) is 0 Å². The van der Waals surface area contributed by atoms with Gasteiger partial charge in [0.25, 0.3) is 0 Å². The maximum Gasteiger partial charge on any atom is 0.195 e. The monoisotopic (exact) mass is 248 g/mol. The lowest BCUT2D eigenvalue weighted by molar-refractivity contribution is 0.521. The van der Waals surface area contributed by atoms with E-state index in [1.807, 2.05) is 23.6 Å². The molecule has 4 nitrogen and oxygen atoms in total. The third-order valence-electron chi connectivity index (χ3n) is 2.46. The zero-order valence-corrected chi connectivity index (χ0v) is 11.1. The highest BCUT2D eigenvalue weighted by molar-refractivity contribution is 7.71. The average Bonchev–Trinajstić information content (AvgIpc) is 2.60. The van der Waals surface area contributed by atoms with E-state index in [1.54, 1.807) is 6.20 Å². The summed E-state index contributed by atoms with van der Waals surface area (Å²) in [6.07, 6.45) is 1.79. The molecule has 0 bridgehead atoms. The van der Waals surface area contributed by atoms with E-state index < -0.39 is 0 Å². The minimum atomic E-state index is 0.529. The van der Waals surface area contributed by atoms with Gasteiger partial charge in [0.2, 0.25) is 0 Å². The fraction of sp³-hybridized carbons (Fsp3) is 0.417. The van der Waals surface area contributed by atoms with Gasteiger partial charge in [0.15, 0.2) is 10.6 Å². The fourth-order valence-electron chi connectivity index (χ4n) is 1.76. The van der Waals surface area contributed by atoms with Crippen molar-refractivity contribution in [2.45, 2.75) is 27.3 Å². The van der Waals surface area contributed by atoms with Crippen molar-refractivity contribution in [3.05, 3.63) is 28.8 Å². The summed E-state index contributed by atoms with van der Waals surface area (Å²) in [5, 5.41) is 7.15. The summed E-state index contributed by atoms with van der Waals surface area (Å²) < 4.78 is 2.71. The van der Waals surface area contributed by atoms with E-state index in [0.29, 0.717) is 10.7 Å². The number of hydrogen-bond donors (Lipinski definition) is 1. The first kappa shape index (κ1) is 12.0. The maximum absolute atomic E-state index is 5.25. The minimum absolute atomic E-state index is 0.529. The number of rotatable bonds is 3. The van der Waals surface area contributed by atoms with Gasteiger partial charge in [0.1, 0.15) is 0 Å². The van der Waals surface area contributed by atoms with Gasteiger partial charge in [-0.05, 0) is 37.2 Å². The molecule has 0 saturated carbocycles. The Morgan fingerprint density at radius 2 is 2.24 bits per heavy atom. The van der Waals surface area contributed by atoms with E-state index in [9.17, 15) is 0 Å². The first-order chi connectivity index (χ1) is 8.08. The number of nitrogens with zero attached hydrogens (tertiary/aromatic N) is 3. The van der Waals surface area contributed by atoms with Gasteiger partial charge in [-0.3, -0.25) is 14.6 Å². The Labute approximate surface area is 106 Å². The Morgan fingerprint density at radius 3 is 2.88 bits per heavy atom. The number of pyridine rings is 1. The van der Waals surface area contributed by atoms with Crippen LogP contribution in [0.5, 0.6) is 0 Å². The summed E-state index contributed by atoms with van der Waals surface area (Å²) in [6, 6.07) is 3.97. The second-order valence-electron chi connectivity index (χ2n) is 4.54. The Balaban J connectivity index is 2.49. The predicted molar refractivity (Wildman–Crippen MR) is 70.2 cm³/mol. The normalized spacial score (nSPS) is 11.1. The first-order valence-electron chi connectivity index (χ1n) is 5.66. The van der Waals surface area contributed by atoms with Crippen molar-refractivity contribution < 1.29 is 0 Å². The van der Waals surface area contributed by atoms with E-state index >= 15 is 0 Å². The number of H-pyrrole nitrogens is 1. The highest BCUT2D eigenvalue weighted by atomic mass is 32.1. The van der Waals surface area contributed by atoms with Crippen molar-refractivity contribution in [1.82, 2.24) is 19.7 Å². The zero-order valence-electron chi connectivity index (χ0n) is 10.3. The van der Waals surface area contributed by atoms with Crippen LogP contribution >= 0.6 is 12.2 Å². The molecule has 2 rings (SSSR count). The van der Waals surface area contributed by atoms with Crippen LogP contribution in [0.25, 0.3) is 11.4 Å². The summed E-state index contributed by atoms with van der Waals surface area (Å²) in [4.78, 5) is 4.19. The molecule has 2 aromatic heterocycles. The number of aryl methyl sites for hydroxylation is 1. The molecule has 0 unspecified atom stereocenters.